The third-order valence-electron chi connectivity index (χ3n) is 3.93. The standard InChI is InChI=1S/C17H25NO/c1-17(2,18)12-16(19)15-10-8-14(9-11-15)13-6-4-3-5-7-13/h8-11,13H,3-7,12,18H2,1-2H3. The van der Waals surface area contributed by atoms with Gasteiger partial charge in [-0.2, -0.15) is 0 Å². The zero-order chi connectivity index (χ0) is 13.9. The predicted molar refractivity (Wildman–Crippen MR) is 79.5 cm³/mol. The zero-order valence-electron chi connectivity index (χ0n) is 12.1. The van der Waals surface area contributed by atoms with Crippen LogP contribution in [0.1, 0.15) is 74.2 Å². The van der Waals surface area contributed by atoms with Gasteiger partial charge in [0.2, 0.25) is 0 Å². The highest BCUT2D eigenvalue weighted by atomic mass is 16.1. The monoisotopic (exact) mass is 259 g/mol. The van der Waals surface area contributed by atoms with Crippen LogP contribution in [0, 0.1) is 0 Å². The molecule has 104 valence electrons. The number of benzene rings is 1. The average Bonchev–Trinajstić information content (AvgIpc) is 2.38. The maximum absolute atomic E-state index is 12.1. The quantitative estimate of drug-likeness (QED) is 0.829. The van der Waals surface area contributed by atoms with Crippen LogP contribution in [0.5, 0.6) is 0 Å². The molecular weight excluding hydrogens is 234 g/mol. The minimum atomic E-state index is -0.431. The molecule has 1 aliphatic carbocycles. The second-order valence-electron chi connectivity index (χ2n) is 6.55. The van der Waals surface area contributed by atoms with Gasteiger partial charge < -0.3 is 5.73 Å². The van der Waals surface area contributed by atoms with E-state index < -0.39 is 5.54 Å². The number of ketones is 1. The molecule has 0 bridgehead atoms. The number of Topliss-reactive ketones (excluding diaryl/α,β-unsaturated/α-hetero) is 1. The maximum Gasteiger partial charge on any atom is 0.164 e. The Kier molecular flexibility index (Phi) is 4.41. The summed E-state index contributed by atoms with van der Waals surface area (Å²) < 4.78 is 0. The molecule has 0 atom stereocenters. The van der Waals surface area contributed by atoms with Crippen molar-refractivity contribution >= 4 is 5.78 Å². The van der Waals surface area contributed by atoms with Gasteiger partial charge in [-0.05, 0) is 38.2 Å². The molecule has 1 aromatic rings. The number of nitrogens with two attached hydrogens (primary N) is 1. The van der Waals surface area contributed by atoms with Gasteiger partial charge in [0.15, 0.2) is 5.78 Å². The van der Waals surface area contributed by atoms with Crippen molar-refractivity contribution in [2.45, 2.75) is 63.8 Å². The molecule has 2 rings (SSSR count). The lowest BCUT2D eigenvalue weighted by atomic mass is 9.83. The zero-order valence-corrected chi connectivity index (χ0v) is 12.1. The molecule has 2 nitrogen and oxygen atoms in total. The van der Waals surface area contributed by atoms with Crippen molar-refractivity contribution in [1.29, 1.82) is 0 Å². The van der Waals surface area contributed by atoms with Crippen molar-refractivity contribution in [3.8, 4) is 0 Å². The van der Waals surface area contributed by atoms with Gasteiger partial charge in [0.05, 0.1) is 0 Å². The Balaban J connectivity index is 2.03. The number of carbonyl (C=O) groups is 1. The van der Waals surface area contributed by atoms with Crippen LogP contribution in [0.25, 0.3) is 0 Å². The summed E-state index contributed by atoms with van der Waals surface area (Å²) in [4.78, 5) is 12.1. The van der Waals surface area contributed by atoms with Crippen LogP contribution >= 0.6 is 0 Å². The number of rotatable bonds is 4. The summed E-state index contributed by atoms with van der Waals surface area (Å²) in [5.41, 5.74) is 7.65. The van der Waals surface area contributed by atoms with Gasteiger partial charge in [-0.3, -0.25) is 4.79 Å². The van der Waals surface area contributed by atoms with Crippen LogP contribution in [0.15, 0.2) is 24.3 Å². The maximum atomic E-state index is 12.1. The molecule has 0 saturated heterocycles. The van der Waals surface area contributed by atoms with Crippen molar-refractivity contribution in [3.05, 3.63) is 35.4 Å². The smallest absolute Gasteiger partial charge is 0.164 e. The molecule has 0 aliphatic heterocycles. The van der Waals surface area contributed by atoms with Crippen molar-refractivity contribution < 1.29 is 4.79 Å². The van der Waals surface area contributed by atoms with Crippen LogP contribution in [0.3, 0.4) is 0 Å². The summed E-state index contributed by atoms with van der Waals surface area (Å²) in [5.74, 6) is 0.839. The fourth-order valence-electron chi connectivity index (χ4n) is 2.89. The van der Waals surface area contributed by atoms with Gasteiger partial charge in [-0.15, -0.1) is 0 Å². The Morgan fingerprint density at radius 1 is 1.16 bits per heavy atom. The second-order valence-corrected chi connectivity index (χ2v) is 6.55. The molecule has 1 aliphatic rings. The minimum absolute atomic E-state index is 0.141. The molecule has 0 unspecified atom stereocenters. The van der Waals surface area contributed by atoms with Gasteiger partial charge in [-0.25, -0.2) is 0 Å². The van der Waals surface area contributed by atoms with E-state index in [1.807, 2.05) is 26.0 Å². The van der Waals surface area contributed by atoms with E-state index in [4.69, 9.17) is 5.73 Å². The fourth-order valence-corrected chi connectivity index (χ4v) is 2.89. The van der Waals surface area contributed by atoms with E-state index in [1.54, 1.807) is 0 Å². The van der Waals surface area contributed by atoms with Crippen LogP contribution in [-0.2, 0) is 0 Å². The van der Waals surface area contributed by atoms with Crippen LogP contribution in [0.2, 0.25) is 0 Å². The van der Waals surface area contributed by atoms with Crippen LogP contribution < -0.4 is 5.73 Å². The third kappa shape index (κ3) is 4.17. The Morgan fingerprint density at radius 2 is 1.74 bits per heavy atom. The summed E-state index contributed by atoms with van der Waals surface area (Å²) in [6, 6.07) is 8.20. The SMILES string of the molecule is CC(C)(N)CC(=O)c1ccc(C2CCCCC2)cc1. The third-order valence-corrected chi connectivity index (χ3v) is 3.93. The first-order valence-electron chi connectivity index (χ1n) is 7.38. The van der Waals surface area contributed by atoms with E-state index in [1.165, 1.54) is 37.7 Å². The first-order valence-corrected chi connectivity index (χ1v) is 7.38. The summed E-state index contributed by atoms with van der Waals surface area (Å²) in [6.45, 7) is 3.78. The fraction of sp³-hybridized carbons (Fsp3) is 0.588. The van der Waals surface area contributed by atoms with Crippen LogP contribution in [-0.4, -0.2) is 11.3 Å². The molecule has 1 saturated carbocycles. The summed E-state index contributed by atoms with van der Waals surface area (Å²) in [7, 11) is 0. The van der Waals surface area contributed by atoms with Crippen LogP contribution in [0.4, 0.5) is 0 Å². The highest BCUT2D eigenvalue weighted by molar-refractivity contribution is 5.96. The van der Waals surface area contributed by atoms with Crippen molar-refractivity contribution in [1.82, 2.24) is 0 Å². The normalized spacial score (nSPS) is 17.4. The molecule has 0 aromatic heterocycles. The van der Waals surface area contributed by atoms with Crippen molar-refractivity contribution in [3.63, 3.8) is 0 Å². The van der Waals surface area contributed by atoms with E-state index in [9.17, 15) is 4.79 Å². The summed E-state index contributed by atoms with van der Waals surface area (Å²) >= 11 is 0. The Bertz CT molecular complexity index is 422. The molecule has 0 heterocycles. The van der Waals surface area contributed by atoms with E-state index >= 15 is 0 Å². The lowest BCUT2D eigenvalue weighted by Crippen LogP contribution is -2.34. The van der Waals surface area contributed by atoms with E-state index in [2.05, 4.69) is 12.1 Å². The van der Waals surface area contributed by atoms with E-state index in [0.29, 0.717) is 12.3 Å². The Hall–Kier alpha value is -1.15. The molecule has 2 N–H and O–H groups in total. The van der Waals surface area contributed by atoms with Crippen molar-refractivity contribution in [2.75, 3.05) is 0 Å². The van der Waals surface area contributed by atoms with Gasteiger partial charge in [-0.1, -0.05) is 43.5 Å². The Labute approximate surface area is 116 Å². The Morgan fingerprint density at radius 3 is 2.26 bits per heavy atom. The molecule has 0 spiro atoms. The topological polar surface area (TPSA) is 43.1 Å². The lowest BCUT2D eigenvalue weighted by Gasteiger charge is -2.22. The van der Waals surface area contributed by atoms with Gasteiger partial charge in [0.1, 0.15) is 0 Å². The molecule has 19 heavy (non-hydrogen) atoms. The minimum Gasteiger partial charge on any atom is -0.325 e. The van der Waals surface area contributed by atoms with Gasteiger partial charge >= 0.3 is 0 Å². The molecule has 0 amide bonds. The second kappa shape index (κ2) is 5.87. The molecule has 0 radical (unpaired) electrons. The highest BCUT2D eigenvalue weighted by Crippen LogP contribution is 2.32. The number of hydrogen-bond donors (Lipinski definition) is 1. The average molecular weight is 259 g/mol. The van der Waals surface area contributed by atoms with Gasteiger partial charge in [0, 0.05) is 17.5 Å². The number of carbonyl (C=O) groups excluding carboxylic acids is 1. The largest absolute Gasteiger partial charge is 0.325 e. The lowest BCUT2D eigenvalue weighted by molar-refractivity contribution is 0.0960. The first-order chi connectivity index (χ1) is 8.96. The highest BCUT2D eigenvalue weighted by Gasteiger charge is 2.19. The summed E-state index contributed by atoms with van der Waals surface area (Å²) in [5, 5.41) is 0. The summed E-state index contributed by atoms with van der Waals surface area (Å²) in [6.07, 6.45) is 7.04. The number of hydrogen-bond acceptors (Lipinski definition) is 2. The van der Waals surface area contributed by atoms with Crippen molar-refractivity contribution in [2.24, 2.45) is 5.73 Å². The molecule has 1 aromatic carbocycles. The van der Waals surface area contributed by atoms with E-state index in [0.717, 1.165) is 5.56 Å². The first kappa shape index (κ1) is 14.3. The predicted octanol–water partition coefficient (Wildman–Crippen LogP) is 4.04. The van der Waals surface area contributed by atoms with E-state index in [-0.39, 0.29) is 5.78 Å². The molecule has 1 fully saturated rings. The molecular formula is C17H25NO. The molecule has 2 heteroatoms. The van der Waals surface area contributed by atoms with Gasteiger partial charge in [0.25, 0.3) is 0 Å².